The standard InChI is InChI=1S/C15H17N3O4/c1-2-21-13-7-11(8-16)3-4-12(13)22-10-15(20)18-6-5-17-14(19)9-18/h3-4,7H,2,5-6,9-10H2,1H3,(H,17,19). The molecule has 1 heterocycles. The Labute approximate surface area is 128 Å². The molecule has 1 fully saturated rings. The van der Waals surface area contributed by atoms with E-state index < -0.39 is 0 Å². The average molecular weight is 303 g/mol. The minimum atomic E-state index is -0.262. The summed E-state index contributed by atoms with van der Waals surface area (Å²) in [5, 5.41) is 11.5. The van der Waals surface area contributed by atoms with E-state index in [-0.39, 0.29) is 25.0 Å². The maximum Gasteiger partial charge on any atom is 0.261 e. The first kappa shape index (κ1) is 15.6. The summed E-state index contributed by atoms with van der Waals surface area (Å²) >= 11 is 0. The third kappa shape index (κ3) is 3.88. The van der Waals surface area contributed by atoms with E-state index in [2.05, 4.69) is 5.32 Å². The zero-order chi connectivity index (χ0) is 15.9. The summed E-state index contributed by atoms with van der Waals surface area (Å²) in [6, 6.07) is 6.78. The van der Waals surface area contributed by atoms with Crippen molar-refractivity contribution in [3.63, 3.8) is 0 Å². The molecule has 0 unspecified atom stereocenters. The van der Waals surface area contributed by atoms with Crippen LogP contribution in [-0.2, 0) is 9.59 Å². The quantitative estimate of drug-likeness (QED) is 0.844. The highest BCUT2D eigenvalue weighted by Gasteiger charge is 2.21. The molecule has 0 aliphatic carbocycles. The van der Waals surface area contributed by atoms with Gasteiger partial charge in [0.25, 0.3) is 5.91 Å². The predicted molar refractivity (Wildman–Crippen MR) is 77.4 cm³/mol. The number of hydrogen-bond donors (Lipinski definition) is 1. The number of rotatable bonds is 5. The van der Waals surface area contributed by atoms with Crippen LogP contribution in [0.4, 0.5) is 0 Å². The second-order valence-electron chi connectivity index (χ2n) is 4.66. The van der Waals surface area contributed by atoms with Crippen LogP contribution in [0, 0.1) is 11.3 Å². The summed E-state index contributed by atoms with van der Waals surface area (Å²) in [6.07, 6.45) is 0. The van der Waals surface area contributed by atoms with Crippen molar-refractivity contribution in [2.45, 2.75) is 6.92 Å². The van der Waals surface area contributed by atoms with Crippen LogP contribution in [0.3, 0.4) is 0 Å². The number of benzene rings is 1. The van der Waals surface area contributed by atoms with E-state index in [0.29, 0.717) is 36.8 Å². The molecule has 1 N–H and O–H groups in total. The topological polar surface area (TPSA) is 91.7 Å². The van der Waals surface area contributed by atoms with Gasteiger partial charge in [0.1, 0.15) is 0 Å². The fourth-order valence-corrected chi connectivity index (χ4v) is 2.05. The Kier molecular flexibility index (Phi) is 5.20. The van der Waals surface area contributed by atoms with Crippen LogP contribution in [0.1, 0.15) is 12.5 Å². The largest absolute Gasteiger partial charge is 0.490 e. The second-order valence-corrected chi connectivity index (χ2v) is 4.66. The van der Waals surface area contributed by atoms with Crippen LogP contribution in [0.15, 0.2) is 18.2 Å². The molecule has 1 aliphatic heterocycles. The van der Waals surface area contributed by atoms with Crippen LogP contribution in [0.2, 0.25) is 0 Å². The highest BCUT2D eigenvalue weighted by molar-refractivity contribution is 5.86. The molecular weight excluding hydrogens is 286 g/mol. The zero-order valence-electron chi connectivity index (χ0n) is 12.3. The summed E-state index contributed by atoms with van der Waals surface area (Å²) in [7, 11) is 0. The smallest absolute Gasteiger partial charge is 0.261 e. The molecule has 0 aromatic heterocycles. The number of ether oxygens (including phenoxy) is 2. The van der Waals surface area contributed by atoms with Gasteiger partial charge < -0.3 is 19.7 Å². The van der Waals surface area contributed by atoms with Crippen LogP contribution >= 0.6 is 0 Å². The number of amides is 2. The number of carbonyl (C=O) groups excluding carboxylic acids is 2. The van der Waals surface area contributed by atoms with Gasteiger partial charge in [0.05, 0.1) is 24.8 Å². The van der Waals surface area contributed by atoms with Crippen LogP contribution in [-0.4, -0.2) is 49.6 Å². The Hall–Kier alpha value is -2.75. The highest BCUT2D eigenvalue weighted by atomic mass is 16.5. The Morgan fingerprint density at radius 1 is 1.41 bits per heavy atom. The molecule has 7 heteroatoms. The molecule has 0 spiro atoms. The molecule has 1 aliphatic rings. The molecule has 2 rings (SSSR count). The Balaban J connectivity index is 2.00. The zero-order valence-corrected chi connectivity index (χ0v) is 12.3. The lowest BCUT2D eigenvalue weighted by atomic mass is 10.2. The van der Waals surface area contributed by atoms with Crippen LogP contribution in [0.25, 0.3) is 0 Å². The predicted octanol–water partition coefficient (Wildman–Crippen LogP) is 0.294. The van der Waals surface area contributed by atoms with Crippen molar-refractivity contribution < 1.29 is 19.1 Å². The maximum absolute atomic E-state index is 12.0. The van der Waals surface area contributed by atoms with Crippen molar-refractivity contribution >= 4 is 11.8 Å². The van der Waals surface area contributed by atoms with Gasteiger partial charge in [-0.25, -0.2) is 0 Å². The fraction of sp³-hybridized carbons (Fsp3) is 0.400. The number of nitriles is 1. The van der Waals surface area contributed by atoms with E-state index >= 15 is 0 Å². The number of nitrogens with one attached hydrogen (secondary N) is 1. The molecule has 0 bridgehead atoms. The normalized spacial score (nSPS) is 14.0. The van der Waals surface area contributed by atoms with Crippen molar-refractivity contribution in [1.29, 1.82) is 5.26 Å². The SMILES string of the molecule is CCOc1cc(C#N)ccc1OCC(=O)N1CCNC(=O)C1. The summed E-state index contributed by atoms with van der Waals surface area (Å²) in [5.74, 6) is 0.385. The average Bonchev–Trinajstić information content (AvgIpc) is 2.53. The van der Waals surface area contributed by atoms with E-state index in [1.54, 1.807) is 18.2 Å². The molecule has 0 atom stereocenters. The summed E-state index contributed by atoms with van der Waals surface area (Å²) in [6.45, 7) is 3.03. The number of piperazine rings is 1. The summed E-state index contributed by atoms with van der Waals surface area (Å²) in [4.78, 5) is 24.7. The van der Waals surface area contributed by atoms with Crippen molar-refractivity contribution in [3.05, 3.63) is 23.8 Å². The third-order valence-corrected chi connectivity index (χ3v) is 3.11. The molecule has 1 aromatic rings. The summed E-state index contributed by atoms with van der Waals surface area (Å²) in [5.41, 5.74) is 0.454. The van der Waals surface area contributed by atoms with Gasteiger partial charge in [-0.1, -0.05) is 0 Å². The third-order valence-electron chi connectivity index (χ3n) is 3.11. The Morgan fingerprint density at radius 2 is 2.23 bits per heavy atom. The van der Waals surface area contributed by atoms with Gasteiger partial charge in [0.15, 0.2) is 18.1 Å². The highest BCUT2D eigenvalue weighted by Crippen LogP contribution is 2.28. The minimum Gasteiger partial charge on any atom is -0.490 e. The second kappa shape index (κ2) is 7.31. The van der Waals surface area contributed by atoms with Gasteiger partial charge in [-0.15, -0.1) is 0 Å². The van der Waals surface area contributed by atoms with Gasteiger partial charge in [-0.05, 0) is 19.1 Å². The van der Waals surface area contributed by atoms with Crippen molar-refractivity contribution in [1.82, 2.24) is 10.2 Å². The molecule has 7 nitrogen and oxygen atoms in total. The van der Waals surface area contributed by atoms with Crippen molar-refractivity contribution in [2.75, 3.05) is 32.8 Å². The van der Waals surface area contributed by atoms with Crippen LogP contribution in [0.5, 0.6) is 11.5 Å². The molecule has 22 heavy (non-hydrogen) atoms. The first-order valence-corrected chi connectivity index (χ1v) is 6.98. The number of nitrogens with zero attached hydrogens (tertiary/aromatic N) is 2. The van der Waals surface area contributed by atoms with Crippen molar-refractivity contribution in [2.24, 2.45) is 0 Å². The van der Waals surface area contributed by atoms with E-state index in [0.717, 1.165) is 0 Å². The Morgan fingerprint density at radius 3 is 2.91 bits per heavy atom. The fourth-order valence-electron chi connectivity index (χ4n) is 2.05. The number of hydrogen-bond acceptors (Lipinski definition) is 5. The molecule has 1 aromatic carbocycles. The molecule has 0 saturated carbocycles. The lowest BCUT2D eigenvalue weighted by molar-refractivity contribution is -0.139. The molecule has 1 saturated heterocycles. The van der Waals surface area contributed by atoms with E-state index in [1.165, 1.54) is 4.90 Å². The van der Waals surface area contributed by atoms with E-state index in [9.17, 15) is 9.59 Å². The lowest BCUT2D eigenvalue weighted by Gasteiger charge is -2.26. The maximum atomic E-state index is 12.0. The molecular formula is C15H17N3O4. The van der Waals surface area contributed by atoms with Gasteiger partial charge in [-0.2, -0.15) is 5.26 Å². The van der Waals surface area contributed by atoms with E-state index in [4.69, 9.17) is 14.7 Å². The monoisotopic (exact) mass is 303 g/mol. The van der Waals surface area contributed by atoms with Gasteiger partial charge in [0, 0.05) is 19.2 Å². The first-order chi connectivity index (χ1) is 10.6. The first-order valence-electron chi connectivity index (χ1n) is 6.98. The minimum absolute atomic E-state index is 0.0495. The lowest BCUT2D eigenvalue weighted by Crippen LogP contribution is -2.51. The van der Waals surface area contributed by atoms with Gasteiger partial charge >= 0.3 is 0 Å². The van der Waals surface area contributed by atoms with E-state index in [1.807, 2.05) is 13.0 Å². The molecule has 0 radical (unpaired) electrons. The van der Waals surface area contributed by atoms with Crippen molar-refractivity contribution in [3.8, 4) is 17.6 Å². The van der Waals surface area contributed by atoms with Gasteiger partial charge in [0.2, 0.25) is 5.91 Å². The number of carbonyl (C=O) groups is 2. The van der Waals surface area contributed by atoms with Crippen LogP contribution < -0.4 is 14.8 Å². The van der Waals surface area contributed by atoms with Gasteiger partial charge in [-0.3, -0.25) is 9.59 Å². The Bertz CT molecular complexity index is 609. The molecule has 2 amide bonds. The summed E-state index contributed by atoms with van der Waals surface area (Å²) < 4.78 is 10.9. The molecule has 116 valence electrons.